The largest absolute Gasteiger partial charge is 0.375 e. The van der Waals surface area contributed by atoms with E-state index in [0.29, 0.717) is 12.5 Å². The number of hydrogen-bond donors (Lipinski definition) is 0. The van der Waals surface area contributed by atoms with Gasteiger partial charge < -0.3 is 9.64 Å². The van der Waals surface area contributed by atoms with Crippen LogP contribution in [0.15, 0.2) is 28.7 Å². The molecule has 7 heteroatoms. The third kappa shape index (κ3) is 3.23. The quantitative estimate of drug-likeness (QED) is 0.746. The predicted molar refractivity (Wildman–Crippen MR) is 105 cm³/mol. The molecule has 27 heavy (non-hydrogen) atoms. The van der Waals surface area contributed by atoms with Crippen LogP contribution >= 0.6 is 11.3 Å². The highest BCUT2D eigenvalue weighted by Crippen LogP contribution is 2.52. The summed E-state index contributed by atoms with van der Waals surface area (Å²) in [4.78, 5) is 28.3. The number of hydrazone groups is 1. The fourth-order valence-electron chi connectivity index (χ4n) is 5.01. The van der Waals surface area contributed by atoms with E-state index in [-0.39, 0.29) is 29.9 Å². The van der Waals surface area contributed by atoms with Crippen LogP contribution in [-0.4, -0.2) is 59.8 Å². The number of rotatable bonds is 4. The number of hydrogen-bond acceptors (Lipinski definition) is 5. The van der Waals surface area contributed by atoms with Gasteiger partial charge in [-0.3, -0.25) is 9.59 Å². The van der Waals surface area contributed by atoms with Gasteiger partial charge in [0.1, 0.15) is 6.61 Å². The Labute approximate surface area is 163 Å². The van der Waals surface area contributed by atoms with Gasteiger partial charge in [0.15, 0.2) is 0 Å². The molecule has 2 fully saturated rings. The van der Waals surface area contributed by atoms with Crippen molar-refractivity contribution in [2.75, 3.05) is 26.8 Å². The van der Waals surface area contributed by atoms with Gasteiger partial charge in [-0.25, -0.2) is 5.01 Å². The second-order valence-corrected chi connectivity index (χ2v) is 8.73. The van der Waals surface area contributed by atoms with E-state index in [1.165, 1.54) is 7.11 Å². The van der Waals surface area contributed by atoms with Crippen LogP contribution in [0, 0.1) is 11.8 Å². The summed E-state index contributed by atoms with van der Waals surface area (Å²) in [5.41, 5.74) is 0.708. The van der Waals surface area contributed by atoms with Crippen molar-refractivity contribution in [1.29, 1.82) is 0 Å². The summed E-state index contributed by atoms with van der Waals surface area (Å²) in [6, 6.07) is 3.98. The van der Waals surface area contributed by atoms with Crippen molar-refractivity contribution < 1.29 is 14.3 Å². The lowest BCUT2D eigenvalue weighted by atomic mass is 9.81. The molecule has 0 bridgehead atoms. The van der Waals surface area contributed by atoms with Gasteiger partial charge in [-0.05, 0) is 43.2 Å². The summed E-state index contributed by atoms with van der Waals surface area (Å²) < 4.78 is 5.06. The van der Waals surface area contributed by atoms with Gasteiger partial charge in [0.2, 0.25) is 5.91 Å². The number of thiophene rings is 1. The first-order valence-corrected chi connectivity index (χ1v) is 10.3. The zero-order valence-corrected chi connectivity index (χ0v) is 16.6. The lowest BCUT2D eigenvalue weighted by molar-refractivity contribution is -0.142. The number of ether oxygens (including phenoxy) is 1. The molecule has 3 atom stereocenters. The second-order valence-electron chi connectivity index (χ2n) is 7.75. The summed E-state index contributed by atoms with van der Waals surface area (Å²) in [7, 11) is 1.53. The molecule has 4 rings (SSSR count). The van der Waals surface area contributed by atoms with E-state index in [1.807, 2.05) is 35.4 Å². The average Bonchev–Trinajstić information content (AvgIpc) is 3.39. The van der Waals surface area contributed by atoms with Gasteiger partial charge in [0.05, 0.1) is 5.54 Å². The third-order valence-electron chi connectivity index (χ3n) is 6.08. The summed E-state index contributed by atoms with van der Waals surface area (Å²) in [5, 5.41) is 8.24. The molecule has 1 aromatic rings. The lowest BCUT2D eigenvalue weighted by Gasteiger charge is -2.37. The van der Waals surface area contributed by atoms with Crippen LogP contribution in [0.4, 0.5) is 0 Å². The minimum absolute atomic E-state index is 0.0438. The first-order valence-electron chi connectivity index (χ1n) is 9.40. The molecule has 1 saturated heterocycles. The van der Waals surface area contributed by atoms with Gasteiger partial charge in [0.25, 0.3) is 5.91 Å². The van der Waals surface area contributed by atoms with E-state index in [2.05, 4.69) is 5.10 Å². The molecule has 0 aromatic carbocycles. The van der Waals surface area contributed by atoms with Crippen LogP contribution in [0.5, 0.6) is 0 Å². The Hall–Kier alpha value is -1.99. The number of amides is 2. The zero-order valence-electron chi connectivity index (χ0n) is 15.8. The Morgan fingerprint density at radius 2 is 2.30 bits per heavy atom. The monoisotopic (exact) mass is 387 g/mol. The van der Waals surface area contributed by atoms with Gasteiger partial charge in [-0.1, -0.05) is 6.07 Å². The fourth-order valence-corrected chi connectivity index (χ4v) is 5.63. The molecule has 1 aromatic heterocycles. The molecule has 1 saturated carbocycles. The van der Waals surface area contributed by atoms with Gasteiger partial charge in [-0.15, -0.1) is 11.3 Å². The smallest absolute Gasteiger partial charge is 0.269 e. The Balaban J connectivity index is 1.49. The summed E-state index contributed by atoms with van der Waals surface area (Å²) in [6.45, 7) is 3.49. The highest BCUT2D eigenvalue weighted by atomic mass is 32.1. The predicted octanol–water partition coefficient (Wildman–Crippen LogP) is 2.62. The number of nitrogens with zero attached hydrogens (tertiary/aromatic N) is 3. The van der Waals surface area contributed by atoms with Crippen molar-refractivity contribution in [3.8, 4) is 0 Å². The standard InChI is InChI=1S/C20H25N3O3S/c1-14-10-20(23(21-14)19(25)13-26-2)8-7-15-11-22(12-17(15)20)18(24)6-5-16-4-3-9-27-16/h3-6,9,15,17H,7-8,10-13H2,1-2H3/b6-5+. The van der Waals surface area contributed by atoms with Gasteiger partial charge in [-0.2, -0.15) is 5.10 Å². The first kappa shape index (κ1) is 18.4. The van der Waals surface area contributed by atoms with E-state index >= 15 is 0 Å². The van der Waals surface area contributed by atoms with E-state index in [1.54, 1.807) is 22.4 Å². The SMILES string of the molecule is COCC(=O)N1N=C(C)CC12CCC1CN(C(=O)/C=C/c3cccs3)CC12. The van der Waals surface area contributed by atoms with Crippen molar-refractivity contribution in [2.45, 2.75) is 31.7 Å². The fraction of sp³-hybridized carbons (Fsp3) is 0.550. The number of methoxy groups -OCH3 is 1. The van der Waals surface area contributed by atoms with Gasteiger partial charge >= 0.3 is 0 Å². The Bertz CT molecular complexity index is 788. The number of carbonyl (C=O) groups is 2. The highest BCUT2D eigenvalue weighted by Gasteiger charge is 2.59. The number of fused-ring (bicyclic) bond motifs is 2. The zero-order chi connectivity index (χ0) is 19.0. The molecule has 3 aliphatic rings. The van der Waals surface area contributed by atoms with Crippen molar-refractivity contribution in [3.63, 3.8) is 0 Å². The molecule has 2 aliphatic heterocycles. The molecular weight excluding hydrogens is 362 g/mol. The van der Waals surface area contributed by atoms with E-state index < -0.39 is 0 Å². The molecule has 3 heterocycles. The lowest BCUT2D eigenvalue weighted by Crippen LogP contribution is -2.51. The normalized spacial score (nSPS) is 29.8. The Morgan fingerprint density at radius 3 is 3.04 bits per heavy atom. The van der Waals surface area contributed by atoms with Crippen LogP contribution < -0.4 is 0 Å². The highest BCUT2D eigenvalue weighted by molar-refractivity contribution is 7.10. The molecule has 1 spiro atoms. The van der Waals surface area contributed by atoms with Crippen molar-refractivity contribution in [2.24, 2.45) is 16.9 Å². The van der Waals surface area contributed by atoms with Crippen LogP contribution in [0.1, 0.15) is 31.1 Å². The number of likely N-dealkylation sites (tertiary alicyclic amines) is 1. The first-order chi connectivity index (χ1) is 13.0. The van der Waals surface area contributed by atoms with Crippen LogP contribution in [0.3, 0.4) is 0 Å². The van der Waals surface area contributed by atoms with Gasteiger partial charge in [0, 0.05) is 49.2 Å². The molecule has 2 amide bonds. The number of carbonyl (C=O) groups excluding carboxylic acids is 2. The molecule has 0 N–H and O–H groups in total. The van der Waals surface area contributed by atoms with Crippen molar-refractivity contribution >= 4 is 34.9 Å². The minimum Gasteiger partial charge on any atom is -0.375 e. The average molecular weight is 388 g/mol. The maximum Gasteiger partial charge on any atom is 0.269 e. The van der Waals surface area contributed by atoms with Crippen molar-refractivity contribution in [3.05, 3.63) is 28.5 Å². The summed E-state index contributed by atoms with van der Waals surface area (Å²) in [5.74, 6) is 0.678. The maximum atomic E-state index is 12.7. The van der Waals surface area contributed by atoms with Crippen LogP contribution in [0.2, 0.25) is 0 Å². The Morgan fingerprint density at radius 1 is 1.44 bits per heavy atom. The van der Waals surface area contributed by atoms with Crippen molar-refractivity contribution in [1.82, 2.24) is 9.91 Å². The Kier molecular flexibility index (Phi) is 4.90. The van der Waals surface area contributed by atoms with Crippen LogP contribution in [0.25, 0.3) is 6.08 Å². The molecule has 1 aliphatic carbocycles. The topological polar surface area (TPSA) is 62.2 Å². The van der Waals surface area contributed by atoms with Crippen LogP contribution in [-0.2, 0) is 14.3 Å². The maximum absolute atomic E-state index is 12.7. The molecule has 144 valence electrons. The molecule has 6 nitrogen and oxygen atoms in total. The molecular formula is C20H25N3O3S. The second kappa shape index (κ2) is 7.20. The van der Waals surface area contributed by atoms with E-state index in [4.69, 9.17) is 4.74 Å². The summed E-state index contributed by atoms with van der Waals surface area (Å²) in [6.07, 6.45) is 6.34. The molecule has 3 unspecified atom stereocenters. The minimum atomic E-state index is -0.281. The van der Waals surface area contributed by atoms with E-state index in [0.717, 1.165) is 36.4 Å². The molecule has 0 radical (unpaired) electrons. The third-order valence-corrected chi connectivity index (χ3v) is 6.92. The summed E-state index contributed by atoms with van der Waals surface area (Å²) >= 11 is 1.62. The van der Waals surface area contributed by atoms with E-state index in [9.17, 15) is 9.59 Å².